The molecule has 1 aliphatic heterocycles. The number of carbonyl (C=O) groups excluding carboxylic acids is 1. The molecule has 1 atom stereocenters. The highest BCUT2D eigenvalue weighted by Crippen LogP contribution is 2.25. The van der Waals surface area contributed by atoms with Gasteiger partial charge in [-0.1, -0.05) is 12.1 Å². The number of benzene rings is 1. The van der Waals surface area contributed by atoms with Crippen LogP contribution in [0.25, 0.3) is 0 Å². The van der Waals surface area contributed by atoms with Crippen molar-refractivity contribution in [3.8, 4) is 0 Å². The van der Waals surface area contributed by atoms with E-state index in [9.17, 15) is 4.79 Å². The SMILES string of the molecule is Cc1c(NC(=O)NC2CCN(c3ccccn3)C2)cccc1N(C)C. The quantitative estimate of drug-likeness (QED) is 0.899. The minimum absolute atomic E-state index is 0.124. The van der Waals surface area contributed by atoms with Crippen molar-refractivity contribution in [3.05, 3.63) is 48.2 Å². The van der Waals surface area contributed by atoms with Gasteiger partial charge in [0.15, 0.2) is 0 Å². The molecule has 1 aromatic heterocycles. The summed E-state index contributed by atoms with van der Waals surface area (Å²) >= 11 is 0. The molecular formula is C19H25N5O. The zero-order chi connectivity index (χ0) is 17.8. The monoisotopic (exact) mass is 339 g/mol. The second-order valence-corrected chi connectivity index (χ2v) is 6.56. The number of urea groups is 1. The molecule has 132 valence electrons. The Balaban J connectivity index is 1.58. The average Bonchev–Trinajstić information content (AvgIpc) is 3.05. The molecule has 25 heavy (non-hydrogen) atoms. The van der Waals surface area contributed by atoms with Gasteiger partial charge < -0.3 is 20.4 Å². The van der Waals surface area contributed by atoms with E-state index in [0.29, 0.717) is 0 Å². The fourth-order valence-electron chi connectivity index (χ4n) is 3.21. The Morgan fingerprint density at radius 1 is 1.24 bits per heavy atom. The molecule has 6 nitrogen and oxygen atoms in total. The first-order chi connectivity index (χ1) is 12.0. The molecule has 1 unspecified atom stereocenters. The highest BCUT2D eigenvalue weighted by molar-refractivity contribution is 5.91. The molecule has 1 fully saturated rings. The van der Waals surface area contributed by atoms with Crippen LogP contribution in [0.4, 0.5) is 22.0 Å². The molecule has 2 amide bonds. The van der Waals surface area contributed by atoms with Crippen LogP contribution >= 0.6 is 0 Å². The summed E-state index contributed by atoms with van der Waals surface area (Å²) in [5.74, 6) is 0.960. The summed E-state index contributed by atoms with van der Waals surface area (Å²) in [6.45, 7) is 3.70. The molecular weight excluding hydrogens is 314 g/mol. The molecule has 1 aromatic carbocycles. The number of hydrogen-bond acceptors (Lipinski definition) is 4. The van der Waals surface area contributed by atoms with E-state index in [4.69, 9.17) is 0 Å². The Labute approximate surface area is 148 Å². The van der Waals surface area contributed by atoms with Gasteiger partial charge in [0.05, 0.1) is 0 Å². The van der Waals surface area contributed by atoms with Gasteiger partial charge in [0.25, 0.3) is 0 Å². The van der Waals surface area contributed by atoms with Gasteiger partial charge >= 0.3 is 6.03 Å². The third-order valence-corrected chi connectivity index (χ3v) is 4.53. The van der Waals surface area contributed by atoms with Gasteiger partial charge in [-0.3, -0.25) is 0 Å². The van der Waals surface area contributed by atoms with E-state index in [-0.39, 0.29) is 12.1 Å². The molecule has 6 heteroatoms. The second kappa shape index (κ2) is 7.42. The Hall–Kier alpha value is -2.76. The van der Waals surface area contributed by atoms with Crippen LogP contribution in [0.2, 0.25) is 0 Å². The summed E-state index contributed by atoms with van der Waals surface area (Å²) in [5.41, 5.74) is 2.99. The third kappa shape index (κ3) is 4.02. The lowest BCUT2D eigenvalue weighted by molar-refractivity contribution is 0.249. The summed E-state index contributed by atoms with van der Waals surface area (Å²) in [4.78, 5) is 21.0. The Morgan fingerprint density at radius 2 is 2.08 bits per heavy atom. The smallest absolute Gasteiger partial charge is 0.319 e. The molecule has 3 rings (SSSR count). The maximum atomic E-state index is 12.4. The number of nitrogens with one attached hydrogen (secondary N) is 2. The molecule has 1 saturated heterocycles. The number of pyridine rings is 1. The lowest BCUT2D eigenvalue weighted by atomic mass is 10.1. The fourth-order valence-corrected chi connectivity index (χ4v) is 3.21. The van der Waals surface area contributed by atoms with E-state index in [1.165, 1.54) is 0 Å². The minimum Gasteiger partial charge on any atom is -0.377 e. The lowest BCUT2D eigenvalue weighted by Crippen LogP contribution is -2.40. The maximum Gasteiger partial charge on any atom is 0.319 e. The van der Waals surface area contributed by atoms with E-state index in [1.807, 2.05) is 62.3 Å². The molecule has 1 aliphatic rings. The number of amides is 2. The number of aromatic nitrogens is 1. The fraction of sp³-hybridized carbons (Fsp3) is 0.368. The van der Waals surface area contributed by atoms with Gasteiger partial charge in [0.2, 0.25) is 0 Å². The first kappa shape index (κ1) is 17.1. The van der Waals surface area contributed by atoms with Gasteiger partial charge in [0.1, 0.15) is 5.82 Å². The zero-order valence-corrected chi connectivity index (χ0v) is 15.0. The van der Waals surface area contributed by atoms with Crippen LogP contribution in [0.5, 0.6) is 0 Å². The molecule has 0 bridgehead atoms. The van der Waals surface area contributed by atoms with Crippen molar-refractivity contribution in [1.82, 2.24) is 10.3 Å². The maximum absolute atomic E-state index is 12.4. The van der Waals surface area contributed by atoms with E-state index >= 15 is 0 Å². The molecule has 0 radical (unpaired) electrons. The third-order valence-electron chi connectivity index (χ3n) is 4.53. The van der Waals surface area contributed by atoms with Gasteiger partial charge in [-0.05, 0) is 43.2 Å². The van der Waals surface area contributed by atoms with Crippen LogP contribution in [-0.4, -0.2) is 44.2 Å². The topological polar surface area (TPSA) is 60.5 Å². The highest BCUT2D eigenvalue weighted by atomic mass is 16.2. The van der Waals surface area contributed by atoms with Gasteiger partial charge in [-0.25, -0.2) is 9.78 Å². The summed E-state index contributed by atoms with van der Waals surface area (Å²) < 4.78 is 0. The summed E-state index contributed by atoms with van der Waals surface area (Å²) in [6, 6.07) is 11.8. The van der Waals surface area contributed by atoms with Gasteiger partial charge in [-0.15, -0.1) is 0 Å². The van der Waals surface area contributed by atoms with Crippen molar-refractivity contribution in [2.75, 3.05) is 42.3 Å². The van der Waals surface area contributed by atoms with E-state index < -0.39 is 0 Å². The number of anilines is 3. The van der Waals surface area contributed by atoms with E-state index in [1.54, 1.807) is 6.20 Å². The van der Waals surface area contributed by atoms with Crippen LogP contribution in [0.1, 0.15) is 12.0 Å². The standard InChI is InChI=1S/C19H25N5O/c1-14-16(7-6-8-17(14)23(2)3)22-19(25)21-15-10-12-24(13-15)18-9-4-5-11-20-18/h4-9,11,15H,10,12-13H2,1-3H3,(H2,21,22,25). The molecule has 2 N–H and O–H groups in total. The summed E-state index contributed by atoms with van der Waals surface area (Å²) in [5, 5.41) is 6.05. The predicted molar refractivity (Wildman–Crippen MR) is 103 cm³/mol. The van der Waals surface area contributed by atoms with Crippen molar-refractivity contribution in [2.24, 2.45) is 0 Å². The van der Waals surface area contributed by atoms with Crippen LogP contribution in [0.3, 0.4) is 0 Å². The summed E-state index contributed by atoms with van der Waals surface area (Å²) in [7, 11) is 3.99. The highest BCUT2D eigenvalue weighted by Gasteiger charge is 2.24. The number of nitrogens with zero attached hydrogens (tertiary/aromatic N) is 3. The van der Waals surface area contributed by atoms with Crippen LogP contribution < -0.4 is 20.4 Å². The second-order valence-electron chi connectivity index (χ2n) is 6.56. The Bertz CT molecular complexity index is 732. The first-order valence-electron chi connectivity index (χ1n) is 8.55. The lowest BCUT2D eigenvalue weighted by Gasteiger charge is -2.20. The van der Waals surface area contributed by atoms with Crippen LogP contribution in [0.15, 0.2) is 42.6 Å². The van der Waals surface area contributed by atoms with Crippen molar-refractivity contribution in [1.29, 1.82) is 0 Å². The van der Waals surface area contributed by atoms with Crippen LogP contribution in [0, 0.1) is 6.92 Å². The van der Waals surface area contributed by atoms with Crippen molar-refractivity contribution < 1.29 is 4.79 Å². The largest absolute Gasteiger partial charge is 0.377 e. The normalized spacial score (nSPS) is 16.6. The van der Waals surface area contributed by atoms with Crippen molar-refractivity contribution in [3.63, 3.8) is 0 Å². The number of rotatable bonds is 4. The molecule has 0 spiro atoms. The summed E-state index contributed by atoms with van der Waals surface area (Å²) in [6.07, 6.45) is 2.71. The zero-order valence-electron chi connectivity index (χ0n) is 15.0. The predicted octanol–water partition coefficient (Wildman–Crippen LogP) is 2.86. The minimum atomic E-state index is -0.160. The molecule has 2 heterocycles. The molecule has 2 aromatic rings. The van der Waals surface area contributed by atoms with Crippen molar-refractivity contribution >= 4 is 23.2 Å². The first-order valence-corrected chi connectivity index (χ1v) is 8.55. The van der Waals surface area contributed by atoms with E-state index in [2.05, 4.69) is 20.5 Å². The van der Waals surface area contributed by atoms with Gasteiger partial charge in [0, 0.05) is 50.8 Å². The number of hydrogen-bond donors (Lipinski definition) is 2. The molecule has 0 aliphatic carbocycles. The van der Waals surface area contributed by atoms with Gasteiger partial charge in [-0.2, -0.15) is 0 Å². The number of carbonyl (C=O) groups is 1. The Kier molecular flexibility index (Phi) is 5.07. The average molecular weight is 339 g/mol. The van der Waals surface area contributed by atoms with Crippen molar-refractivity contribution in [2.45, 2.75) is 19.4 Å². The van der Waals surface area contributed by atoms with E-state index in [0.717, 1.165) is 42.3 Å². The van der Waals surface area contributed by atoms with Crippen LogP contribution in [-0.2, 0) is 0 Å². The Morgan fingerprint density at radius 3 is 2.80 bits per heavy atom. The molecule has 0 saturated carbocycles.